The van der Waals surface area contributed by atoms with E-state index in [1.54, 1.807) is 6.07 Å². The minimum Gasteiger partial charge on any atom is -0.366 e. The van der Waals surface area contributed by atoms with Gasteiger partial charge in [0.1, 0.15) is 5.82 Å². The van der Waals surface area contributed by atoms with Gasteiger partial charge < -0.3 is 24.9 Å². The molecule has 2 fully saturated rings. The normalized spacial score (nSPS) is 19.6. The maximum Gasteiger partial charge on any atom is 0.193 e. The second-order valence-corrected chi connectivity index (χ2v) is 7.88. The third kappa shape index (κ3) is 6.31. The summed E-state index contributed by atoms with van der Waals surface area (Å²) < 4.78 is 14.0. The van der Waals surface area contributed by atoms with Crippen molar-refractivity contribution in [3.63, 3.8) is 0 Å². The zero-order chi connectivity index (χ0) is 20.5. The van der Waals surface area contributed by atoms with Gasteiger partial charge in [-0.3, -0.25) is 4.99 Å². The van der Waals surface area contributed by atoms with Crippen LogP contribution in [0, 0.1) is 5.82 Å². The van der Waals surface area contributed by atoms with Crippen molar-refractivity contribution in [3.8, 4) is 0 Å². The highest BCUT2D eigenvalue weighted by Gasteiger charge is 2.21. The second kappa shape index (κ2) is 11.4. The molecule has 29 heavy (non-hydrogen) atoms. The molecule has 0 amide bonds. The van der Waals surface area contributed by atoms with E-state index in [0.29, 0.717) is 5.69 Å². The summed E-state index contributed by atoms with van der Waals surface area (Å²) >= 11 is 0. The topological polar surface area (TPSA) is 37.4 Å². The van der Waals surface area contributed by atoms with Crippen molar-refractivity contribution in [2.45, 2.75) is 19.8 Å². The Morgan fingerprint density at radius 1 is 0.966 bits per heavy atom. The molecule has 0 aromatic heterocycles. The lowest BCUT2D eigenvalue weighted by Crippen LogP contribution is -2.52. The third-order valence-corrected chi connectivity index (χ3v) is 6.08. The van der Waals surface area contributed by atoms with Crippen LogP contribution in [0.3, 0.4) is 0 Å². The SMILES string of the molecule is CCN1CCN(CCCCNC(=NC)N2CCN(c3ccccc3F)CC2)CC1. The van der Waals surface area contributed by atoms with Crippen LogP contribution in [0.5, 0.6) is 0 Å². The van der Waals surface area contributed by atoms with E-state index in [1.807, 2.05) is 19.2 Å². The molecule has 2 heterocycles. The van der Waals surface area contributed by atoms with Crippen LogP contribution < -0.4 is 10.2 Å². The highest BCUT2D eigenvalue weighted by Crippen LogP contribution is 2.20. The summed E-state index contributed by atoms with van der Waals surface area (Å²) in [6.45, 7) is 13.7. The Balaban J connectivity index is 1.32. The van der Waals surface area contributed by atoms with Crippen LogP contribution in [0.25, 0.3) is 0 Å². The maximum atomic E-state index is 14.0. The smallest absolute Gasteiger partial charge is 0.193 e. The Kier molecular flexibility index (Phi) is 8.55. The van der Waals surface area contributed by atoms with Gasteiger partial charge in [-0.05, 0) is 38.1 Å². The number of benzene rings is 1. The van der Waals surface area contributed by atoms with Crippen LogP contribution in [-0.4, -0.2) is 99.7 Å². The molecule has 1 aromatic rings. The molecule has 0 bridgehead atoms. The third-order valence-electron chi connectivity index (χ3n) is 6.08. The van der Waals surface area contributed by atoms with Gasteiger partial charge in [0.2, 0.25) is 0 Å². The van der Waals surface area contributed by atoms with Gasteiger partial charge in [-0.2, -0.15) is 0 Å². The number of nitrogens with one attached hydrogen (secondary N) is 1. The summed E-state index contributed by atoms with van der Waals surface area (Å²) in [4.78, 5) is 14.0. The summed E-state index contributed by atoms with van der Waals surface area (Å²) in [5.41, 5.74) is 0.704. The lowest BCUT2D eigenvalue weighted by atomic mass is 10.2. The summed E-state index contributed by atoms with van der Waals surface area (Å²) in [6, 6.07) is 7.03. The van der Waals surface area contributed by atoms with Crippen LogP contribution >= 0.6 is 0 Å². The van der Waals surface area contributed by atoms with Gasteiger partial charge in [0.15, 0.2) is 5.96 Å². The predicted molar refractivity (Wildman–Crippen MR) is 119 cm³/mol. The van der Waals surface area contributed by atoms with E-state index in [4.69, 9.17) is 0 Å². The standard InChI is InChI=1S/C22H37FN6/c1-3-26-12-14-27(15-13-26)11-7-6-10-25-22(24-2)29-18-16-28(17-19-29)21-9-5-4-8-20(21)23/h4-5,8-9H,3,6-7,10-19H2,1-2H3,(H,24,25). The molecule has 3 rings (SSSR count). The summed E-state index contributed by atoms with van der Waals surface area (Å²) in [6.07, 6.45) is 2.37. The van der Waals surface area contributed by atoms with Gasteiger partial charge in [-0.1, -0.05) is 19.1 Å². The van der Waals surface area contributed by atoms with E-state index < -0.39 is 0 Å². The zero-order valence-electron chi connectivity index (χ0n) is 18.1. The van der Waals surface area contributed by atoms with Gasteiger partial charge in [0.05, 0.1) is 5.69 Å². The number of aliphatic imine (C=N–C) groups is 1. The Hall–Kier alpha value is -1.86. The van der Waals surface area contributed by atoms with E-state index in [1.165, 1.54) is 51.8 Å². The number of piperazine rings is 2. The fraction of sp³-hybridized carbons (Fsp3) is 0.682. The van der Waals surface area contributed by atoms with Gasteiger partial charge >= 0.3 is 0 Å². The molecule has 0 atom stereocenters. The molecule has 0 aliphatic carbocycles. The van der Waals surface area contributed by atoms with Crippen molar-refractivity contribution in [1.82, 2.24) is 20.0 Å². The van der Waals surface area contributed by atoms with Gasteiger partial charge in [-0.25, -0.2) is 4.39 Å². The predicted octanol–water partition coefficient (Wildman–Crippen LogP) is 1.94. The first-order chi connectivity index (χ1) is 14.2. The van der Waals surface area contributed by atoms with E-state index in [-0.39, 0.29) is 5.82 Å². The van der Waals surface area contributed by atoms with E-state index in [0.717, 1.165) is 45.1 Å². The molecular weight excluding hydrogens is 367 g/mol. The number of unbranched alkanes of at least 4 members (excludes halogenated alkanes) is 1. The second-order valence-electron chi connectivity index (χ2n) is 7.88. The fourth-order valence-corrected chi connectivity index (χ4v) is 4.19. The first-order valence-corrected chi connectivity index (χ1v) is 11.1. The molecule has 0 spiro atoms. The molecule has 2 saturated heterocycles. The van der Waals surface area contributed by atoms with Crippen LogP contribution in [-0.2, 0) is 0 Å². The highest BCUT2D eigenvalue weighted by atomic mass is 19.1. The number of rotatable bonds is 7. The Labute approximate surface area is 175 Å². The number of nitrogens with zero attached hydrogens (tertiary/aromatic N) is 5. The van der Waals surface area contributed by atoms with Crippen molar-refractivity contribution in [2.75, 3.05) is 83.9 Å². The Morgan fingerprint density at radius 3 is 2.31 bits per heavy atom. The minimum absolute atomic E-state index is 0.139. The van der Waals surface area contributed by atoms with Gasteiger partial charge in [0, 0.05) is 66.0 Å². The average molecular weight is 405 g/mol. The fourth-order valence-electron chi connectivity index (χ4n) is 4.19. The number of hydrogen-bond acceptors (Lipinski definition) is 4. The molecular formula is C22H37FN6. The lowest BCUT2D eigenvalue weighted by Gasteiger charge is -2.37. The van der Waals surface area contributed by atoms with E-state index in [9.17, 15) is 4.39 Å². The van der Waals surface area contributed by atoms with Crippen molar-refractivity contribution in [1.29, 1.82) is 0 Å². The van der Waals surface area contributed by atoms with Crippen LogP contribution in [0.1, 0.15) is 19.8 Å². The maximum absolute atomic E-state index is 14.0. The van der Waals surface area contributed by atoms with Gasteiger partial charge in [-0.15, -0.1) is 0 Å². The number of likely N-dealkylation sites (N-methyl/N-ethyl adjacent to an activating group) is 1. The number of para-hydroxylation sites is 1. The number of guanidine groups is 1. The van der Waals surface area contributed by atoms with Gasteiger partial charge in [0.25, 0.3) is 0 Å². The molecule has 0 saturated carbocycles. The van der Waals surface area contributed by atoms with Crippen LogP contribution in [0.4, 0.5) is 10.1 Å². The molecule has 0 unspecified atom stereocenters. The van der Waals surface area contributed by atoms with Crippen molar-refractivity contribution in [3.05, 3.63) is 30.1 Å². The Bertz CT molecular complexity index is 636. The molecule has 0 radical (unpaired) electrons. The van der Waals surface area contributed by atoms with Crippen molar-refractivity contribution >= 4 is 11.6 Å². The molecule has 6 nitrogen and oxygen atoms in total. The monoisotopic (exact) mass is 404 g/mol. The van der Waals surface area contributed by atoms with Crippen LogP contribution in [0.15, 0.2) is 29.3 Å². The minimum atomic E-state index is -0.139. The summed E-state index contributed by atoms with van der Waals surface area (Å²) in [5.74, 6) is 0.828. The average Bonchev–Trinajstić information content (AvgIpc) is 2.77. The quantitative estimate of drug-likeness (QED) is 0.427. The number of hydrogen-bond donors (Lipinski definition) is 1. The molecule has 2 aliphatic heterocycles. The summed E-state index contributed by atoms with van der Waals surface area (Å²) in [5, 5.41) is 3.52. The number of anilines is 1. The zero-order valence-corrected chi connectivity index (χ0v) is 18.1. The molecule has 1 N–H and O–H groups in total. The first kappa shape index (κ1) is 21.8. The van der Waals surface area contributed by atoms with E-state index in [2.05, 4.69) is 36.8 Å². The van der Waals surface area contributed by atoms with Crippen LogP contribution in [0.2, 0.25) is 0 Å². The number of halogens is 1. The largest absolute Gasteiger partial charge is 0.366 e. The Morgan fingerprint density at radius 2 is 1.66 bits per heavy atom. The molecule has 162 valence electrons. The first-order valence-electron chi connectivity index (χ1n) is 11.1. The molecule has 1 aromatic carbocycles. The molecule has 7 heteroatoms. The molecule has 2 aliphatic rings. The highest BCUT2D eigenvalue weighted by molar-refractivity contribution is 5.80. The van der Waals surface area contributed by atoms with Crippen molar-refractivity contribution < 1.29 is 4.39 Å². The summed E-state index contributed by atoms with van der Waals surface area (Å²) in [7, 11) is 1.85. The van der Waals surface area contributed by atoms with E-state index >= 15 is 0 Å². The van der Waals surface area contributed by atoms with Crippen molar-refractivity contribution in [2.24, 2.45) is 4.99 Å². The lowest BCUT2D eigenvalue weighted by molar-refractivity contribution is 0.136.